The van der Waals surface area contributed by atoms with Crippen molar-refractivity contribution in [3.63, 3.8) is 0 Å². The van der Waals surface area contributed by atoms with Crippen LogP contribution in [0.25, 0.3) is 0 Å². The van der Waals surface area contributed by atoms with Crippen LogP contribution >= 0.6 is 0 Å². The molecular weight excluding hydrogens is 157 g/mol. The number of alkyl halides is 3. The second kappa shape index (κ2) is 2.60. The lowest BCUT2D eigenvalue weighted by Crippen LogP contribution is -2.13. The fraction of sp³-hybridized carbons (Fsp3) is 0.429. The molecule has 62 valence electrons. The molecule has 0 aromatic heterocycles. The van der Waals surface area contributed by atoms with Crippen molar-refractivity contribution in [1.82, 2.24) is 0 Å². The Morgan fingerprint density at radius 1 is 1.18 bits per heavy atom. The highest BCUT2D eigenvalue weighted by Gasteiger charge is 2.33. The molecule has 0 heterocycles. The predicted octanol–water partition coefficient (Wildman–Crippen LogP) is 2.71. The van der Waals surface area contributed by atoms with E-state index in [2.05, 4.69) is 0 Å². The van der Waals surface area contributed by atoms with E-state index in [1.165, 1.54) is 0 Å². The first-order valence-electron chi connectivity index (χ1n) is 3.16. The lowest BCUT2D eigenvalue weighted by Gasteiger charge is -2.13. The first-order chi connectivity index (χ1) is 5.00. The summed E-state index contributed by atoms with van der Waals surface area (Å²) in [6, 6.07) is 0. The Morgan fingerprint density at radius 3 is 2.18 bits per heavy atom. The molecule has 11 heavy (non-hydrogen) atoms. The summed E-state index contributed by atoms with van der Waals surface area (Å²) in [5.74, 6) is 0.0120. The molecule has 0 amide bonds. The van der Waals surface area contributed by atoms with E-state index < -0.39 is 11.7 Å². The van der Waals surface area contributed by atoms with Crippen LogP contribution in [0.2, 0.25) is 0 Å². The van der Waals surface area contributed by atoms with Crippen LogP contribution < -0.4 is 0 Å². The van der Waals surface area contributed by atoms with Crippen LogP contribution in [0.4, 0.5) is 13.2 Å². The van der Waals surface area contributed by atoms with E-state index in [9.17, 15) is 13.2 Å². The third-order valence-electron chi connectivity index (χ3n) is 1.49. The standard InChI is InChI=1S/C7H7F3O/c8-7(9,10)5-1-3-6(11)4-2-5/h1,3,11H,2,4H2. The van der Waals surface area contributed by atoms with Gasteiger partial charge in [-0.2, -0.15) is 13.2 Å². The molecule has 0 saturated heterocycles. The van der Waals surface area contributed by atoms with Gasteiger partial charge in [-0.25, -0.2) is 0 Å². The van der Waals surface area contributed by atoms with Crippen molar-refractivity contribution in [2.45, 2.75) is 19.0 Å². The van der Waals surface area contributed by atoms with E-state index in [4.69, 9.17) is 5.11 Å². The topological polar surface area (TPSA) is 20.2 Å². The maximum atomic E-state index is 11.9. The van der Waals surface area contributed by atoms with Gasteiger partial charge in [0.15, 0.2) is 0 Å². The predicted molar refractivity (Wildman–Crippen MR) is 34.1 cm³/mol. The average molecular weight is 164 g/mol. The Hall–Kier alpha value is -0.930. The second-order valence-electron chi connectivity index (χ2n) is 2.35. The van der Waals surface area contributed by atoms with Crippen LogP contribution in [-0.2, 0) is 0 Å². The summed E-state index contributed by atoms with van der Waals surface area (Å²) >= 11 is 0. The number of hydrogen-bond donors (Lipinski definition) is 1. The van der Waals surface area contributed by atoms with E-state index >= 15 is 0 Å². The molecule has 4 heteroatoms. The minimum absolute atomic E-state index is 0.0120. The van der Waals surface area contributed by atoms with Gasteiger partial charge < -0.3 is 5.11 Å². The molecule has 0 unspecified atom stereocenters. The fourth-order valence-corrected chi connectivity index (χ4v) is 0.862. The Kier molecular flexibility index (Phi) is 1.93. The minimum atomic E-state index is -4.24. The summed E-state index contributed by atoms with van der Waals surface area (Å²) in [4.78, 5) is 0. The second-order valence-corrected chi connectivity index (χ2v) is 2.35. The Bertz CT molecular complexity index is 212. The van der Waals surface area contributed by atoms with Crippen molar-refractivity contribution in [3.8, 4) is 0 Å². The summed E-state index contributed by atoms with van der Waals surface area (Å²) in [5.41, 5.74) is -0.574. The van der Waals surface area contributed by atoms with Gasteiger partial charge in [0.25, 0.3) is 0 Å². The molecular formula is C7H7F3O. The molecule has 0 aromatic carbocycles. The maximum absolute atomic E-state index is 11.9. The lowest BCUT2D eigenvalue weighted by atomic mass is 10.0. The highest BCUT2D eigenvalue weighted by atomic mass is 19.4. The lowest BCUT2D eigenvalue weighted by molar-refractivity contribution is -0.0943. The van der Waals surface area contributed by atoms with Crippen LogP contribution in [0, 0.1) is 0 Å². The zero-order valence-corrected chi connectivity index (χ0v) is 5.65. The first-order valence-corrected chi connectivity index (χ1v) is 3.16. The van der Waals surface area contributed by atoms with Gasteiger partial charge in [-0.05, 0) is 12.5 Å². The van der Waals surface area contributed by atoms with Crippen LogP contribution in [0.15, 0.2) is 23.5 Å². The molecule has 0 aliphatic heterocycles. The highest BCUT2D eigenvalue weighted by molar-refractivity contribution is 5.23. The number of halogens is 3. The van der Waals surface area contributed by atoms with Gasteiger partial charge >= 0.3 is 6.18 Å². The molecule has 1 rings (SSSR count). The number of aliphatic hydroxyl groups is 1. The largest absolute Gasteiger partial charge is 0.512 e. The van der Waals surface area contributed by atoms with Gasteiger partial charge in [-0.15, -0.1) is 0 Å². The SMILES string of the molecule is OC1=CC=C(C(F)(F)F)CC1. The summed E-state index contributed by atoms with van der Waals surface area (Å²) < 4.78 is 35.7. The zero-order chi connectivity index (χ0) is 8.48. The molecule has 1 nitrogen and oxygen atoms in total. The van der Waals surface area contributed by atoms with Gasteiger partial charge in [-0.1, -0.05) is 6.08 Å². The summed E-state index contributed by atoms with van der Waals surface area (Å²) in [5, 5.41) is 8.74. The van der Waals surface area contributed by atoms with Crippen molar-refractivity contribution in [3.05, 3.63) is 23.5 Å². The smallest absolute Gasteiger partial charge is 0.412 e. The fourth-order valence-electron chi connectivity index (χ4n) is 0.862. The molecule has 0 bridgehead atoms. The molecule has 1 N–H and O–H groups in total. The molecule has 1 aliphatic rings. The number of hydrogen-bond acceptors (Lipinski definition) is 1. The van der Waals surface area contributed by atoms with E-state index in [-0.39, 0.29) is 18.6 Å². The van der Waals surface area contributed by atoms with Crippen molar-refractivity contribution in [1.29, 1.82) is 0 Å². The maximum Gasteiger partial charge on any atom is 0.412 e. The zero-order valence-electron chi connectivity index (χ0n) is 5.65. The van der Waals surface area contributed by atoms with Crippen molar-refractivity contribution < 1.29 is 18.3 Å². The normalized spacial score (nSPS) is 19.2. The van der Waals surface area contributed by atoms with Gasteiger partial charge in [0.2, 0.25) is 0 Å². The molecule has 0 fully saturated rings. The molecule has 0 radical (unpaired) electrons. The van der Waals surface area contributed by atoms with Crippen molar-refractivity contribution >= 4 is 0 Å². The third-order valence-corrected chi connectivity index (χ3v) is 1.49. The van der Waals surface area contributed by atoms with Gasteiger partial charge in [-0.3, -0.25) is 0 Å². The molecule has 0 saturated carbocycles. The van der Waals surface area contributed by atoms with Crippen LogP contribution in [0.3, 0.4) is 0 Å². The minimum Gasteiger partial charge on any atom is -0.512 e. The van der Waals surface area contributed by atoms with Gasteiger partial charge in [0, 0.05) is 12.0 Å². The molecule has 0 aromatic rings. The van der Waals surface area contributed by atoms with E-state index in [0.717, 1.165) is 12.2 Å². The Morgan fingerprint density at radius 2 is 1.82 bits per heavy atom. The van der Waals surface area contributed by atoms with Crippen molar-refractivity contribution in [2.24, 2.45) is 0 Å². The third kappa shape index (κ3) is 2.00. The van der Waals surface area contributed by atoms with Gasteiger partial charge in [0.05, 0.1) is 5.76 Å². The summed E-state index contributed by atoms with van der Waals surface area (Å²) in [6.45, 7) is 0. The number of allylic oxidation sites excluding steroid dienone is 4. The molecule has 0 atom stereocenters. The molecule has 1 aliphatic carbocycles. The summed E-state index contributed by atoms with van der Waals surface area (Å²) in [7, 11) is 0. The average Bonchev–Trinajstić information content (AvgIpc) is 1.86. The van der Waals surface area contributed by atoms with E-state index in [0.29, 0.717) is 0 Å². The number of aliphatic hydroxyl groups excluding tert-OH is 1. The van der Waals surface area contributed by atoms with Gasteiger partial charge in [0.1, 0.15) is 0 Å². The quantitative estimate of drug-likeness (QED) is 0.583. The van der Waals surface area contributed by atoms with Crippen LogP contribution in [0.5, 0.6) is 0 Å². The first kappa shape index (κ1) is 8.17. The van der Waals surface area contributed by atoms with Crippen LogP contribution in [-0.4, -0.2) is 11.3 Å². The Labute approximate surface area is 61.8 Å². The van der Waals surface area contributed by atoms with Crippen molar-refractivity contribution in [2.75, 3.05) is 0 Å². The number of rotatable bonds is 0. The monoisotopic (exact) mass is 164 g/mol. The van der Waals surface area contributed by atoms with E-state index in [1.54, 1.807) is 0 Å². The molecule has 0 spiro atoms. The summed E-state index contributed by atoms with van der Waals surface area (Å²) in [6.07, 6.45) is -2.26. The highest BCUT2D eigenvalue weighted by Crippen LogP contribution is 2.31. The van der Waals surface area contributed by atoms with E-state index in [1.807, 2.05) is 0 Å². The van der Waals surface area contributed by atoms with Crippen LogP contribution in [0.1, 0.15) is 12.8 Å². The Balaban J connectivity index is 2.77.